The number of carbonyl (C=O) groups is 2. The average molecular weight is 295 g/mol. The Morgan fingerprint density at radius 1 is 1.55 bits per heavy atom. The molecule has 1 fully saturated rings. The van der Waals surface area contributed by atoms with Crippen molar-refractivity contribution in [2.45, 2.75) is 20.3 Å². The highest BCUT2D eigenvalue weighted by atomic mass is 32.2. The van der Waals surface area contributed by atoms with Gasteiger partial charge in [-0.2, -0.15) is 4.98 Å². The van der Waals surface area contributed by atoms with Gasteiger partial charge in [0.25, 0.3) is 0 Å². The maximum Gasteiger partial charge on any atom is 0.235 e. The predicted molar refractivity (Wildman–Crippen MR) is 76.9 cm³/mol. The Bertz CT molecular complexity index is 536. The topological polar surface area (TPSA) is 72.4 Å². The van der Waals surface area contributed by atoms with E-state index in [1.54, 1.807) is 11.0 Å². The molecular weight excluding hydrogens is 278 g/mol. The molecule has 108 valence electrons. The normalized spacial score (nSPS) is 18.4. The zero-order chi connectivity index (χ0) is 14.7. The monoisotopic (exact) mass is 295 g/mol. The fourth-order valence-corrected chi connectivity index (χ4v) is 2.77. The highest BCUT2D eigenvalue weighted by Crippen LogP contribution is 2.26. The summed E-state index contributed by atoms with van der Waals surface area (Å²) in [7, 11) is 1.53. The van der Waals surface area contributed by atoms with E-state index in [-0.39, 0.29) is 16.9 Å². The smallest absolute Gasteiger partial charge is 0.235 e. The van der Waals surface area contributed by atoms with Gasteiger partial charge >= 0.3 is 0 Å². The van der Waals surface area contributed by atoms with Crippen LogP contribution >= 0.6 is 11.8 Å². The average Bonchev–Trinajstić information content (AvgIpc) is 2.77. The number of aryl methyl sites for hydroxylation is 1. The molecule has 0 bridgehead atoms. The SMILES string of the molecule is COc1cc(C)nc(N2CC(CSC(C)=O)CC2=O)n1. The number of thioether (sulfide) groups is 1. The number of rotatable bonds is 4. The molecule has 7 heteroatoms. The van der Waals surface area contributed by atoms with E-state index < -0.39 is 0 Å². The molecule has 1 saturated heterocycles. The van der Waals surface area contributed by atoms with E-state index in [0.29, 0.717) is 30.5 Å². The van der Waals surface area contributed by atoms with E-state index in [0.717, 1.165) is 5.69 Å². The zero-order valence-corrected chi connectivity index (χ0v) is 12.6. The first-order valence-corrected chi connectivity index (χ1v) is 7.31. The fraction of sp³-hybridized carbons (Fsp3) is 0.538. The summed E-state index contributed by atoms with van der Waals surface area (Å²) in [6, 6.07) is 1.72. The van der Waals surface area contributed by atoms with Crippen LogP contribution in [0.5, 0.6) is 5.88 Å². The third-order valence-corrected chi connectivity index (χ3v) is 4.04. The molecule has 6 nitrogen and oxygen atoms in total. The second-order valence-corrected chi connectivity index (χ2v) is 5.93. The second-order valence-electron chi connectivity index (χ2n) is 4.73. The van der Waals surface area contributed by atoms with Crippen LogP contribution in [0, 0.1) is 12.8 Å². The van der Waals surface area contributed by atoms with Crippen molar-refractivity contribution >= 4 is 28.7 Å². The summed E-state index contributed by atoms with van der Waals surface area (Å²) in [6.45, 7) is 3.91. The maximum atomic E-state index is 12.1. The lowest BCUT2D eigenvalue weighted by molar-refractivity contribution is -0.117. The summed E-state index contributed by atoms with van der Waals surface area (Å²) >= 11 is 1.26. The van der Waals surface area contributed by atoms with E-state index in [2.05, 4.69) is 9.97 Å². The van der Waals surface area contributed by atoms with Crippen LogP contribution in [0.25, 0.3) is 0 Å². The molecule has 0 aliphatic carbocycles. The summed E-state index contributed by atoms with van der Waals surface area (Å²) in [5.74, 6) is 1.63. The van der Waals surface area contributed by atoms with Gasteiger partial charge in [-0.3, -0.25) is 14.5 Å². The van der Waals surface area contributed by atoms with Gasteiger partial charge in [0.2, 0.25) is 17.7 Å². The van der Waals surface area contributed by atoms with E-state index in [1.165, 1.54) is 25.8 Å². The first-order chi connectivity index (χ1) is 9.49. The molecule has 1 aliphatic rings. The molecule has 1 unspecified atom stereocenters. The van der Waals surface area contributed by atoms with E-state index in [9.17, 15) is 9.59 Å². The number of amides is 1. The van der Waals surface area contributed by atoms with Crippen LogP contribution < -0.4 is 9.64 Å². The molecular formula is C13H17N3O3S. The Kier molecular flexibility index (Phi) is 4.59. The van der Waals surface area contributed by atoms with Gasteiger partial charge < -0.3 is 4.74 Å². The maximum absolute atomic E-state index is 12.1. The van der Waals surface area contributed by atoms with Gasteiger partial charge in [0.1, 0.15) is 0 Å². The molecule has 1 aliphatic heterocycles. The summed E-state index contributed by atoms with van der Waals surface area (Å²) in [5.41, 5.74) is 0.751. The number of methoxy groups -OCH3 is 1. The molecule has 2 heterocycles. The zero-order valence-electron chi connectivity index (χ0n) is 11.8. The molecule has 1 atom stereocenters. The molecule has 0 radical (unpaired) electrons. The van der Waals surface area contributed by atoms with Crippen LogP contribution in [0.1, 0.15) is 19.0 Å². The molecule has 0 aromatic carbocycles. The van der Waals surface area contributed by atoms with Gasteiger partial charge in [-0.1, -0.05) is 11.8 Å². The first-order valence-electron chi connectivity index (χ1n) is 6.33. The van der Waals surface area contributed by atoms with Crippen LogP contribution in [0.15, 0.2) is 6.07 Å². The predicted octanol–water partition coefficient (Wildman–Crippen LogP) is 1.43. The van der Waals surface area contributed by atoms with Crippen molar-refractivity contribution in [2.75, 3.05) is 24.3 Å². The lowest BCUT2D eigenvalue weighted by Gasteiger charge is -2.15. The standard InChI is InChI=1S/C13H17N3O3S/c1-8-4-11(19-3)15-13(14-8)16-6-10(5-12(16)18)7-20-9(2)17/h4,10H,5-7H2,1-3H3. The summed E-state index contributed by atoms with van der Waals surface area (Å²) < 4.78 is 5.10. The Morgan fingerprint density at radius 3 is 2.95 bits per heavy atom. The Hall–Kier alpha value is -1.63. The lowest BCUT2D eigenvalue weighted by Crippen LogP contribution is -2.27. The van der Waals surface area contributed by atoms with Gasteiger partial charge in [-0.15, -0.1) is 0 Å². The largest absolute Gasteiger partial charge is 0.481 e. The molecule has 0 saturated carbocycles. The highest BCUT2D eigenvalue weighted by Gasteiger charge is 2.32. The third-order valence-electron chi connectivity index (χ3n) is 3.00. The lowest BCUT2D eigenvalue weighted by atomic mass is 10.1. The Balaban J connectivity index is 2.11. The van der Waals surface area contributed by atoms with Gasteiger partial charge in [-0.25, -0.2) is 4.98 Å². The van der Waals surface area contributed by atoms with Crippen molar-refractivity contribution in [2.24, 2.45) is 5.92 Å². The molecule has 2 rings (SSSR count). The number of anilines is 1. The minimum atomic E-state index is -0.00759. The number of carbonyl (C=O) groups excluding carboxylic acids is 2. The van der Waals surface area contributed by atoms with E-state index >= 15 is 0 Å². The third kappa shape index (κ3) is 3.47. The van der Waals surface area contributed by atoms with E-state index in [4.69, 9.17) is 4.74 Å². The van der Waals surface area contributed by atoms with Crippen molar-refractivity contribution in [1.82, 2.24) is 9.97 Å². The number of nitrogens with zero attached hydrogens (tertiary/aromatic N) is 3. The fourth-order valence-electron chi connectivity index (χ4n) is 2.07. The molecule has 0 N–H and O–H groups in total. The van der Waals surface area contributed by atoms with Crippen LogP contribution in [-0.2, 0) is 9.59 Å². The first kappa shape index (κ1) is 14.8. The Morgan fingerprint density at radius 2 is 2.30 bits per heavy atom. The van der Waals surface area contributed by atoms with Crippen LogP contribution in [0.4, 0.5) is 5.95 Å². The van der Waals surface area contributed by atoms with Crippen molar-refractivity contribution in [3.8, 4) is 5.88 Å². The van der Waals surface area contributed by atoms with Crippen molar-refractivity contribution in [3.63, 3.8) is 0 Å². The van der Waals surface area contributed by atoms with Gasteiger partial charge in [-0.05, 0) is 12.8 Å². The molecule has 1 aromatic rings. The molecule has 20 heavy (non-hydrogen) atoms. The van der Waals surface area contributed by atoms with Crippen molar-refractivity contribution in [3.05, 3.63) is 11.8 Å². The van der Waals surface area contributed by atoms with Crippen molar-refractivity contribution < 1.29 is 14.3 Å². The minimum Gasteiger partial charge on any atom is -0.481 e. The summed E-state index contributed by atoms with van der Waals surface area (Å²) in [4.78, 5) is 33.1. The summed E-state index contributed by atoms with van der Waals surface area (Å²) in [5, 5.41) is 0.0735. The van der Waals surface area contributed by atoms with Gasteiger partial charge in [0, 0.05) is 37.4 Å². The number of hydrogen-bond donors (Lipinski definition) is 0. The van der Waals surface area contributed by atoms with Crippen LogP contribution in [-0.4, -0.2) is 40.4 Å². The minimum absolute atomic E-state index is 0.00759. The molecule has 1 amide bonds. The molecule has 1 aromatic heterocycles. The Labute approximate surface area is 121 Å². The van der Waals surface area contributed by atoms with Gasteiger partial charge in [0.05, 0.1) is 7.11 Å². The highest BCUT2D eigenvalue weighted by molar-refractivity contribution is 8.13. The number of ether oxygens (including phenoxy) is 1. The van der Waals surface area contributed by atoms with Crippen LogP contribution in [0.3, 0.4) is 0 Å². The van der Waals surface area contributed by atoms with Crippen molar-refractivity contribution in [1.29, 1.82) is 0 Å². The van der Waals surface area contributed by atoms with Gasteiger partial charge in [0.15, 0.2) is 5.12 Å². The molecule has 0 spiro atoms. The second kappa shape index (κ2) is 6.21. The number of aromatic nitrogens is 2. The van der Waals surface area contributed by atoms with E-state index in [1.807, 2.05) is 6.92 Å². The number of hydrogen-bond acceptors (Lipinski definition) is 6. The quantitative estimate of drug-likeness (QED) is 0.836. The van der Waals surface area contributed by atoms with Crippen LogP contribution in [0.2, 0.25) is 0 Å². The summed E-state index contributed by atoms with van der Waals surface area (Å²) in [6.07, 6.45) is 0.430.